The van der Waals surface area contributed by atoms with E-state index in [1.807, 2.05) is 6.07 Å². The van der Waals surface area contributed by atoms with E-state index in [2.05, 4.69) is 44.8 Å². The molecule has 4 heteroatoms. The lowest BCUT2D eigenvalue weighted by Gasteiger charge is -2.36. The normalized spacial score (nSPS) is 18.6. The predicted molar refractivity (Wildman–Crippen MR) is 83.7 cm³/mol. The van der Waals surface area contributed by atoms with Gasteiger partial charge in [-0.15, -0.1) is 0 Å². The Kier molecular flexibility index (Phi) is 5.25. The van der Waals surface area contributed by atoms with Gasteiger partial charge >= 0.3 is 0 Å². The molecule has 1 unspecified atom stereocenters. The van der Waals surface area contributed by atoms with E-state index in [9.17, 15) is 5.11 Å². The summed E-state index contributed by atoms with van der Waals surface area (Å²) in [6.07, 6.45) is 0.805. The van der Waals surface area contributed by atoms with Crippen LogP contribution in [0.15, 0.2) is 22.7 Å². The molecule has 0 radical (unpaired) electrons. The molecule has 1 atom stereocenters. The van der Waals surface area contributed by atoms with E-state index in [1.165, 1.54) is 18.7 Å². The Hall–Kier alpha value is -0.580. The van der Waals surface area contributed by atoms with Gasteiger partial charge in [-0.05, 0) is 37.6 Å². The molecule has 2 rings (SSSR count). The number of hydrogen-bond donors (Lipinski definition) is 1. The molecule has 0 bridgehead atoms. The third kappa shape index (κ3) is 3.71. The lowest BCUT2D eigenvalue weighted by molar-refractivity contribution is 0.198. The molecular weight excluding hydrogens is 304 g/mol. The average Bonchev–Trinajstić information content (AvgIpc) is 2.39. The van der Waals surface area contributed by atoms with Gasteiger partial charge in [0, 0.05) is 36.3 Å². The van der Waals surface area contributed by atoms with Crippen molar-refractivity contribution in [1.82, 2.24) is 4.90 Å². The van der Waals surface area contributed by atoms with Crippen molar-refractivity contribution in [3.8, 4) is 0 Å². The van der Waals surface area contributed by atoms with E-state index in [1.54, 1.807) is 6.92 Å². The van der Waals surface area contributed by atoms with Crippen LogP contribution in [0.2, 0.25) is 0 Å². The minimum absolute atomic E-state index is 0.426. The van der Waals surface area contributed by atoms with Crippen molar-refractivity contribution >= 4 is 21.6 Å². The summed E-state index contributed by atoms with van der Waals surface area (Å²) in [7, 11) is 0. The van der Waals surface area contributed by atoms with Crippen LogP contribution in [-0.2, 0) is 0 Å². The van der Waals surface area contributed by atoms with Crippen molar-refractivity contribution in [3.05, 3.63) is 28.2 Å². The minimum Gasteiger partial charge on any atom is -0.389 e. The molecule has 1 aliphatic heterocycles. The van der Waals surface area contributed by atoms with Crippen LogP contribution in [0.4, 0.5) is 5.69 Å². The lowest BCUT2D eigenvalue weighted by Crippen LogP contribution is -2.46. The Bertz CT molecular complexity index is 415. The monoisotopic (exact) mass is 326 g/mol. The van der Waals surface area contributed by atoms with Crippen LogP contribution in [0.5, 0.6) is 0 Å². The number of aliphatic hydroxyl groups is 1. The Balaban J connectivity index is 2.02. The van der Waals surface area contributed by atoms with Crippen LogP contribution < -0.4 is 4.90 Å². The second-order valence-electron chi connectivity index (χ2n) is 5.21. The van der Waals surface area contributed by atoms with E-state index in [-0.39, 0.29) is 0 Å². The molecule has 0 spiro atoms. The molecule has 1 heterocycles. The van der Waals surface area contributed by atoms with E-state index in [4.69, 9.17) is 0 Å². The molecule has 1 N–H and O–H groups in total. The standard InChI is InChI=1S/C15H23BrN2O/c1-3-6-17-7-9-18(10-8-17)13-4-5-14(12(2)19)15(16)11-13/h4-5,11-12,19H,3,6-10H2,1-2H3. The molecule has 0 amide bonds. The summed E-state index contributed by atoms with van der Waals surface area (Å²) in [5.74, 6) is 0. The predicted octanol–water partition coefficient (Wildman–Crippen LogP) is 3.03. The number of anilines is 1. The van der Waals surface area contributed by atoms with Gasteiger partial charge in [0.2, 0.25) is 0 Å². The molecule has 1 aliphatic rings. The summed E-state index contributed by atoms with van der Waals surface area (Å²) in [5.41, 5.74) is 2.20. The van der Waals surface area contributed by atoms with Crippen molar-refractivity contribution < 1.29 is 5.11 Å². The van der Waals surface area contributed by atoms with E-state index in [0.29, 0.717) is 0 Å². The molecule has 1 fully saturated rings. The van der Waals surface area contributed by atoms with Crippen molar-refractivity contribution in [2.24, 2.45) is 0 Å². The van der Waals surface area contributed by atoms with Crippen molar-refractivity contribution in [3.63, 3.8) is 0 Å². The van der Waals surface area contributed by atoms with E-state index >= 15 is 0 Å². The fourth-order valence-electron chi connectivity index (χ4n) is 2.60. The topological polar surface area (TPSA) is 26.7 Å². The molecule has 0 saturated carbocycles. The number of hydrogen-bond acceptors (Lipinski definition) is 3. The number of piperazine rings is 1. The molecule has 0 aliphatic carbocycles. The quantitative estimate of drug-likeness (QED) is 0.921. The number of rotatable bonds is 4. The highest BCUT2D eigenvalue weighted by Gasteiger charge is 2.17. The SMILES string of the molecule is CCCN1CCN(c2ccc(C(C)O)c(Br)c2)CC1. The van der Waals surface area contributed by atoms with Gasteiger partial charge in [-0.1, -0.05) is 28.9 Å². The molecule has 1 aromatic carbocycles. The molecule has 19 heavy (non-hydrogen) atoms. The van der Waals surface area contributed by atoms with Crippen LogP contribution in [0.25, 0.3) is 0 Å². The van der Waals surface area contributed by atoms with Crippen LogP contribution in [0.3, 0.4) is 0 Å². The van der Waals surface area contributed by atoms with Crippen LogP contribution in [0, 0.1) is 0 Å². The highest BCUT2D eigenvalue weighted by Crippen LogP contribution is 2.28. The minimum atomic E-state index is -0.426. The van der Waals surface area contributed by atoms with Crippen LogP contribution in [0.1, 0.15) is 31.9 Å². The van der Waals surface area contributed by atoms with Crippen LogP contribution in [-0.4, -0.2) is 42.7 Å². The lowest BCUT2D eigenvalue weighted by atomic mass is 10.1. The summed E-state index contributed by atoms with van der Waals surface area (Å²) < 4.78 is 0.996. The number of aliphatic hydroxyl groups excluding tert-OH is 1. The van der Waals surface area contributed by atoms with Crippen molar-refractivity contribution in [1.29, 1.82) is 0 Å². The zero-order valence-electron chi connectivity index (χ0n) is 11.8. The summed E-state index contributed by atoms with van der Waals surface area (Å²) in [5, 5.41) is 9.65. The summed E-state index contributed by atoms with van der Waals surface area (Å²) in [6.45, 7) is 9.69. The smallest absolute Gasteiger partial charge is 0.0772 e. The van der Waals surface area contributed by atoms with Gasteiger partial charge in [-0.25, -0.2) is 0 Å². The number of benzene rings is 1. The number of halogens is 1. The molecular formula is C15H23BrN2O. The van der Waals surface area contributed by atoms with E-state index < -0.39 is 6.10 Å². The first-order valence-electron chi connectivity index (χ1n) is 7.06. The maximum Gasteiger partial charge on any atom is 0.0772 e. The maximum atomic E-state index is 9.65. The fraction of sp³-hybridized carbons (Fsp3) is 0.600. The molecule has 1 saturated heterocycles. The summed E-state index contributed by atoms with van der Waals surface area (Å²) in [6, 6.07) is 6.25. The Labute approximate surface area is 124 Å². The van der Waals surface area contributed by atoms with E-state index in [0.717, 1.165) is 36.2 Å². The van der Waals surface area contributed by atoms with Gasteiger partial charge in [0.15, 0.2) is 0 Å². The Morgan fingerprint density at radius 2 is 1.95 bits per heavy atom. The van der Waals surface area contributed by atoms with Gasteiger partial charge in [-0.2, -0.15) is 0 Å². The first kappa shape index (κ1) is 14.8. The first-order chi connectivity index (χ1) is 9.11. The molecule has 0 aromatic heterocycles. The molecule has 106 valence electrons. The zero-order chi connectivity index (χ0) is 13.8. The second kappa shape index (κ2) is 6.73. The van der Waals surface area contributed by atoms with Crippen molar-refractivity contribution in [2.75, 3.05) is 37.6 Å². The van der Waals surface area contributed by atoms with Gasteiger partial charge in [0.1, 0.15) is 0 Å². The van der Waals surface area contributed by atoms with Gasteiger partial charge in [0.25, 0.3) is 0 Å². The number of nitrogens with zero attached hydrogens (tertiary/aromatic N) is 2. The highest BCUT2D eigenvalue weighted by molar-refractivity contribution is 9.10. The Morgan fingerprint density at radius 1 is 1.26 bits per heavy atom. The van der Waals surface area contributed by atoms with Crippen molar-refractivity contribution in [2.45, 2.75) is 26.4 Å². The fourth-order valence-corrected chi connectivity index (χ4v) is 3.30. The first-order valence-corrected chi connectivity index (χ1v) is 7.86. The van der Waals surface area contributed by atoms with Gasteiger partial charge < -0.3 is 10.0 Å². The zero-order valence-corrected chi connectivity index (χ0v) is 13.4. The van der Waals surface area contributed by atoms with Crippen LogP contribution >= 0.6 is 15.9 Å². The third-order valence-electron chi connectivity index (χ3n) is 3.71. The summed E-state index contributed by atoms with van der Waals surface area (Å²) in [4.78, 5) is 4.94. The van der Waals surface area contributed by atoms with Gasteiger partial charge in [0.05, 0.1) is 6.10 Å². The highest BCUT2D eigenvalue weighted by atomic mass is 79.9. The maximum absolute atomic E-state index is 9.65. The Morgan fingerprint density at radius 3 is 2.47 bits per heavy atom. The largest absolute Gasteiger partial charge is 0.389 e. The average molecular weight is 327 g/mol. The summed E-state index contributed by atoms with van der Waals surface area (Å²) >= 11 is 3.55. The molecule has 1 aromatic rings. The third-order valence-corrected chi connectivity index (χ3v) is 4.40. The molecule has 3 nitrogen and oxygen atoms in total. The second-order valence-corrected chi connectivity index (χ2v) is 6.06. The van der Waals surface area contributed by atoms with Gasteiger partial charge in [-0.3, -0.25) is 4.90 Å².